The van der Waals surface area contributed by atoms with E-state index in [1.54, 1.807) is 18.4 Å². The Hall–Kier alpha value is -0.980. The lowest BCUT2D eigenvalue weighted by molar-refractivity contribution is -0.129. The van der Waals surface area contributed by atoms with E-state index in [1.807, 2.05) is 0 Å². The lowest BCUT2D eigenvalue weighted by Gasteiger charge is -2.29. The minimum absolute atomic E-state index is 0.127. The number of ether oxygens (including phenoxy) is 2. The molecule has 4 bridgehead atoms. The van der Waals surface area contributed by atoms with Crippen molar-refractivity contribution in [1.82, 2.24) is 4.57 Å². The molecule has 1 aromatic rings. The van der Waals surface area contributed by atoms with Gasteiger partial charge in [-0.25, -0.2) is 0 Å². The topological polar surface area (TPSA) is 52.8 Å². The van der Waals surface area contributed by atoms with Gasteiger partial charge in [-0.1, -0.05) is 0 Å². The molecule has 0 N–H and O–H groups in total. The van der Waals surface area contributed by atoms with Crippen molar-refractivity contribution in [3.05, 3.63) is 15.9 Å². The number of rotatable bonds is 7. The summed E-state index contributed by atoms with van der Waals surface area (Å²) in [6.45, 7) is 4.60. The van der Waals surface area contributed by atoms with E-state index < -0.39 is 0 Å². The zero-order valence-corrected chi connectivity index (χ0v) is 16.0. The van der Waals surface area contributed by atoms with Crippen LogP contribution in [0.25, 0.3) is 0 Å². The Labute approximate surface area is 153 Å². The van der Waals surface area contributed by atoms with Crippen molar-refractivity contribution in [3.8, 4) is 0 Å². The van der Waals surface area contributed by atoms with Gasteiger partial charge in [0.1, 0.15) is 0 Å². The Balaban J connectivity index is 1.49. The second-order valence-corrected chi connectivity index (χ2v) is 9.25. The zero-order valence-electron chi connectivity index (χ0n) is 15.2. The molecule has 4 aliphatic carbocycles. The van der Waals surface area contributed by atoms with Gasteiger partial charge in [0, 0.05) is 24.7 Å². The van der Waals surface area contributed by atoms with E-state index in [9.17, 15) is 4.79 Å². The molecule has 6 heteroatoms. The molecule has 0 aliphatic heterocycles. The molecule has 1 heterocycles. The van der Waals surface area contributed by atoms with Crippen LogP contribution < -0.4 is 4.80 Å². The molecule has 5 rings (SSSR count). The predicted molar refractivity (Wildman–Crippen MR) is 96.3 cm³/mol. The summed E-state index contributed by atoms with van der Waals surface area (Å²) in [5, 5.41) is 0. The van der Waals surface area contributed by atoms with Crippen molar-refractivity contribution in [1.29, 1.82) is 0 Å². The molecule has 0 saturated heterocycles. The van der Waals surface area contributed by atoms with Crippen molar-refractivity contribution in [2.24, 2.45) is 28.2 Å². The van der Waals surface area contributed by atoms with Crippen molar-refractivity contribution < 1.29 is 14.3 Å². The number of hydrogen-bond acceptors (Lipinski definition) is 4. The predicted octanol–water partition coefficient (Wildman–Crippen LogP) is 2.77. The van der Waals surface area contributed by atoms with Gasteiger partial charge >= 0.3 is 0 Å². The summed E-state index contributed by atoms with van der Waals surface area (Å²) in [6.07, 6.45) is 8.11. The molecule has 138 valence electrons. The van der Waals surface area contributed by atoms with Crippen LogP contribution in [0.15, 0.2) is 11.2 Å². The summed E-state index contributed by atoms with van der Waals surface area (Å²) in [4.78, 5) is 19.8. The van der Waals surface area contributed by atoms with Crippen LogP contribution in [0.3, 0.4) is 0 Å². The summed E-state index contributed by atoms with van der Waals surface area (Å²) >= 11 is 1.61. The lowest BCUT2D eigenvalue weighted by Crippen LogP contribution is -2.33. The van der Waals surface area contributed by atoms with Crippen molar-refractivity contribution >= 4 is 17.2 Å². The van der Waals surface area contributed by atoms with Gasteiger partial charge in [-0.15, -0.1) is 11.3 Å². The summed E-state index contributed by atoms with van der Waals surface area (Å²) in [6, 6.07) is 0. The standard InChI is InChI=1S/C19H28N2O3S/c1-13-12-21(3-4-24-6-5-23-2)18(25-13)20-17(22)19-10-14-7-15(11-19)9-16(19)8-14/h12,14-16H,3-11H2,1-2H3. The fraction of sp³-hybridized carbons (Fsp3) is 0.789. The first-order valence-electron chi connectivity index (χ1n) is 9.43. The number of aromatic nitrogens is 1. The van der Waals surface area contributed by atoms with Gasteiger partial charge in [0.15, 0.2) is 4.80 Å². The van der Waals surface area contributed by atoms with E-state index in [1.165, 1.54) is 24.1 Å². The van der Waals surface area contributed by atoms with Crippen LogP contribution in [0.5, 0.6) is 0 Å². The molecule has 2 atom stereocenters. The minimum atomic E-state index is -0.127. The van der Waals surface area contributed by atoms with Crippen LogP contribution in [-0.4, -0.2) is 37.4 Å². The highest BCUT2D eigenvalue weighted by Gasteiger charge is 2.61. The van der Waals surface area contributed by atoms with E-state index in [0.29, 0.717) is 25.7 Å². The number of methoxy groups -OCH3 is 1. The van der Waals surface area contributed by atoms with Crippen LogP contribution in [0.1, 0.15) is 37.0 Å². The summed E-state index contributed by atoms with van der Waals surface area (Å²) in [5.41, 5.74) is -0.127. The average Bonchev–Trinajstić information content (AvgIpc) is 3.13. The lowest BCUT2D eigenvalue weighted by atomic mass is 9.75. The van der Waals surface area contributed by atoms with Crippen molar-refractivity contribution in [3.63, 3.8) is 0 Å². The first-order chi connectivity index (χ1) is 12.1. The molecule has 5 nitrogen and oxygen atoms in total. The van der Waals surface area contributed by atoms with Crippen LogP contribution >= 0.6 is 11.3 Å². The Bertz CT molecular complexity index is 694. The molecular weight excluding hydrogens is 336 g/mol. The fourth-order valence-electron chi connectivity index (χ4n) is 5.50. The van der Waals surface area contributed by atoms with E-state index in [-0.39, 0.29) is 11.3 Å². The molecule has 2 unspecified atom stereocenters. The number of aryl methyl sites for hydroxylation is 1. The molecule has 4 aliphatic rings. The van der Waals surface area contributed by atoms with Gasteiger partial charge in [0.2, 0.25) is 0 Å². The van der Waals surface area contributed by atoms with Crippen LogP contribution in [-0.2, 0) is 20.8 Å². The molecule has 0 radical (unpaired) electrons. The second kappa shape index (κ2) is 6.97. The number of thiazole rings is 1. The second-order valence-electron chi connectivity index (χ2n) is 8.04. The summed E-state index contributed by atoms with van der Waals surface area (Å²) in [7, 11) is 1.67. The van der Waals surface area contributed by atoms with E-state index in [0.717, 1.165) is 36.0 Å². The third-order valence-electron chi connectivity index (χ3n) is 6.36. The Morgan fingerprint density at radius 2 is 2.04 bits per heavy atom. The molecule has 4 fully saturated rings. The average molecular weight is 365 g/mol. The minimum Gasteiger partial charge on any atom is -0.382 e. The third kappa shape index (κ3) is 3.24. The van der Waals surface area contributed by atoms with E-state index in [2.05, 4.69) is 22.7 Å². The van der Waals surface area contributed by atoms with E-state index >= 15 is 0 Å². The Morgan fingerprint density at radius 3 is 2.76 bits per heavy atom. The van der Waals surface area contributed by atoms with Gasteiger partial charge in [-0.05, 0) is 56.8 Å². The maximum Gasteiger partial charge on any atom is 0.254 e. The quantitative estimate of drug-likeness (QED) is 0.699. The van der Waals surface area contributed by atoms with Crippen LogP contribution in [0.4, 0.5) is 0 Å². The highest BCUT2D eigenvalue weighted by atomic mass is 32.1. The Morgan fingerprint density at radius 1 is 1.28 bits per heavy atom. The van der Waals surface area contributed by atoms with Crippen molar-refractivity contribution in [2.45, 2.75) is 45.6 Å². The normalized spacial score (nSPS) is 33.5. The number of carbonyl (C=O) groups excluding carboxylic acids is 1. The highest BCUT2D eigenvalue weighted by molar-refractivity contribution is 7.09. The fourth-order valence-corrected chi connectivity index (χ4v) is 6.36. The molecule has 4 saturated carbocycles. The number of carbonyl (C=O) groups is 1. The number of hydrogen-bond donors (Lipinski definition) is 0. The largest absolute Gasteiger partial charge is 0.382 e. The molecular formula is C19H28N2O3S. The van der Waals surface area contributed by atoms with Crippen molar-refractivity contribution in [2.75, 3.05) is 26.9 Å². The Kier molecular flexibility index (Phi) is 4.86. The maximum absolute atomic E-state index is 13.1. The number of amides is 1. The molecule has 25 heavy (non-hydrogen) atoms. The van der Waals surface area contributed by atoms with Gasteiger partial charge in [0.25, 0.3) is 5.91 Å². The van der Waals surface area contributed by atoms with Gasteiger partial charge in [-0.2, -0.15) is 4.99 Å². The molecule has 1 aromatic heterocycles. The first kappa shape index (κ1) is 17.4. The monoisotopic (exact) mass is 364 g/mol. The molecule has 1 amide bonds. The van der Waals surface area contributed by atoms with Crippen LogP contribution in [0.2, 0.25) is 0 Å². The summed E-state index contributed by atoms with van der Waals surface area (Å²) < 4.78 is 12.6. The smallest absolute Gasteiger partial charge is 0.254 e. The number of nitrogens with zero attached hydrogens (tertiary/aromatic N) is 2. The van der Waals surface area contributed by atoms with Gasteiger partial charge < -0.3 is 14.0 Å². The van der Waals surface area contributed by atoms with E-state index in [4.69, 9.17) is 9.47 Å². The zero-order chi connectivity index (χ0) is 17.4. The van der Waals surface area contributed by atoms with Crippen LogP contribution in [0, 0.1) is 30.1 Å². The highest BCUT2D eigenvalue weighted by Crippen LogP contribution is 2.65. The SMILES string of the molecule is COCCOCCn1cc(C)sc1=NC(=O)C12CC3CC(CC1C3)C2. The first-order valence-corrected chi connectivity index (χ1v) is 10.2. The van der Waals surface area contributed by atoms with Gasteiger partial charge in [-0.3, -0.25) is 4.79 Å². The summed E-state index contributed by atoms with van der Waals surface area (Å²) in [5.74, 6) is 2.31. The maximum atomic E-state index is 13.1. The molecule has 0 spiro atoms. The van der Waals surface area contributed by atoms with Gasteiger partial charge in [0.05, 0.1) is 25.2 Å². The third-order valence-corrected chi connectivity index (χ3v) is 7.29. The molecule has 0 aromatic carbocycles.